The largest absolute Gasteiger partial charge is 0.362 e. The van der Waals surface area contributed by atoms with Gasteiger partial charge >= 0.3 is 0 Å². The first-order valence-electron chi connectivity index (χ1n) is 6.25. The standard InChI is InChI=1S/C13H26N2O3/c1-7-13(5,6)15-11(17)9-18-8-10(16)14-12(2,3)4/h7-9H2,1-6H3,(H,14,16)(H,15,17). The van der Waals surface area contributed by atoms with Gasteiger partial charge < -0.3 is 15.4 Å². The first kappa shape index (κ1) is 16.9. The van der Waals surface area contributed by atoms with E-state index < -0.39 is 0 Å². The van der Waals surface area contributed by atoms with Crippen LogP contribution in [0, 0.1) is 0 Å². The highest BCUT2D eigenvalue weighted by Crippen LogP contribution is 2.06. The third-order valence-corrected chi connectivity index (χ3v) is 2.34. The van der Waals surface area contributed by atoms with E-state index in [0.717, 1.165) is 6.42 Å². The van der Waals surface area contributed by atoms with Gasteiger partial charge in [0.15, 0.2) is 0 Å². The predicted molar refractivity (Wildman–Crippen MR) is 71.2 cm³/mol. The van der Waals surface area contributed by atoms with Gasteiger partial charge in [-0.1, -0.05) is 6.92 Å². The molecule has 0 aliphatic heterocycles. The topological polar surface area (TPSA) is 67.4 Å². The van der Waals surface area contributed by atoms with Gasteiger partial charge in [0.05, 0.1) is 0 Å². The molecule has 0 unspecified atom stereocenters. The number of amides is 2. The van der Waals surface area contributed by atoms with E-state index in [4.69, 9.17) is 4.74 Å². The molecule has 0 rings (SSSR count). The minimum Gasteiger partial charge on any atom is -0.362 e. The molecule has 0 radical (unpaired) electrons. The number of carbonyl (C=O) groups is 2. The minimum atomic E-state index is -0.285. The van der Waals surface area contributed by atoms with Gasteiger partial charge in [0.1, 0.15) is 13.2 Å². The molecule has 2 N–H and O–H groups in total. The zero-order valence-electron chi connectivity index (χ0n) is 12.3. The monoisotopic (exact) mass is 258 g/mol. The van der Waals surface area contributed by atoms with Crippen molar-refractivity contribution in [3.05, 3.63) is 0 Å². The van der Waals surface area contributed by atoms with Crippen LogP contribution in [0.5, 0.6) is 0 Å². The van der Waals surface area contributed by atoms with E-state index in [1.807, 2.05) is 41.5 Å². The summed E-state index contributed by atoms with van der Waals surface area (Å²) in [5, 5.41) is 5.59. The van der Waals surface area contributed by atoms with Crippen molar-refractivity contribution >= 4 is 11.8 Å². The fourth-order valence-electron chi connectivity index (χ4n) is 1.19. The van der Waals surface area contributed by atoms with Gasteiger partial charge in [-0.3, -0.25) is 9.59 Å². The Morgan fingerprint density at radius 1 is 0.944 bits per heavy atom. The number of carbonyl (C=O) groups excluding carboxylic acids is 2. The lowest BCUT2D eigenvalue weighted by Crippen LogP contribution is -2.45. The van der Waals surface area contributed by atoms with Crippen LogP contribution in [0.25, 0.3) is 0 Å². The molecule has 0 aliphatic rings. The lowest BCUT2D eigenvalue weighted by Gasteiger charge is -2.24. The predicted octanol–water partition coefficient (Wildman–Crippen LogP) is 1.22. The summed E-state index contributed by atoms with van der Waals surface area (Å²) in [6, 6.07) is 0. The lowest BCUT2D eigenvalue weighted by atomic mass is 10.0. The highest BCUT2D eigenvalue weighted by Gasteiger charge is 2.18. The molecule has 0 fully saturated rings. The molecule has 0 atom stereocenters. The number of hydrogen-bond donors (Lipinski definition) is 2. The van der Waals surface area contributed by atoms with Gasteiger partial charge in [-0.2, -0.15) is 0 Å². The molecular formula is C13H26N2O3. The molecule has 0 aromatic rings. The van der Waals surface area contributed by atoms with E-state index in [-0.39, 0.29) is 36.1 Å². The Labute approximate surface area is 110 Å². The second-order valence-electron chi connectivity index (χ2n) is 6.08. The third kappa shape index (κ3) is 8.98. The maximum atomic E-state index is 11.5. The second kappa shape index (κ2) is 6.73. The maximum Gasteiger partial charge on any atom is 0.246 e. The zero-order valence-corrected chi connectivity index (χ0v) is 12.3. The van der Waals surface area contributed by atoms with Gasteiger partial charge in [-0.25, -0.2) is 0 Å². The van der Waals surface area contributed by atoms with Crippen LogP contribution in [0.15, 0.2) is 0 Å². The molecule has 0 aromatic carbocycles. The zero-order chi connectivity index (χ0) is 14.4. The van der Waals surface area contributed by atoms with Crippen molar-refractivity contribution in [2.45, 2.75) is 59.0 Å². The quantitative estimate of drug-likeness (QED) is 0.753. The van der Waals surface area contributed by atoms with Crippen molar-refractivity contribution in [2.24, 2.45) is 0 Å². The molecule has 2 amide bonds. The van der Waals surface area contributed by atoms with Crippen LogP contribution in [0.2, 0.25) is 0 Å². The molecule has 0 bridgehead atoms. The van der Waals surface area contributed by atoms with Gasteiger partial charge in [0, 0.05) is 11.1 Å². The smallest absolute Gasteiger partial charge is 0.246 e. The Kier molecular flexibility index (Phi) is 6.32. The van der Waals surface area contributed by atoms with Gasteiger partial charge in [0.25, 0.3) is 0 Å². The minimum absolute atomic E-state index is 0.0962. The molecule has 0 spiro atoms. The number of rotatable bonds is 6. The molecule has 0 aromatic heterocycles. The van der Waals surface area contributed by atoms with Crippen LogP contribution in [0.3, 0.4) is 0 Å². The van der Waals surface area contributed by atoms with Crippen molar-refractivity contribution in [1.29, 1.82) is 0 Å². The van der Waals surface area contributed by atoms with Crippen molar-refractivity contribution in [1.82, 2.24) is 10.6 Å². The summed E-state index contributed by atoms with van der Waals surface area (Å²) < 4.78 is 5.07. The van der Waals surface area contributed by atoms with E-state index in [2.05, 4.69) is 10.6 Å². The summed E-state index contributed by atoms with van der Waals surface area (Å²) >= 11 is 0. The van der Waals surface area contributed by atoms with E-state index in [1.54, 1.807) is 0 Å². The molecule has 0 aliphatic carbocycles. The lowest BCUT2D eigenvalue weighted by molar-refractivity contribution is -0.132. The summed E-state index contributed by atoms with van der Waals surface area (Å²) in [7, 11) is 0. The molecule has 0 saturated heterocycles. The second-order valence-corrected chi connectivity index (χ2v) is 6.08. The summed E-state index contributed by atoms with van der Waals surface area (Å²) in [6.45, 7) is 11.4. The normalized spacial score (nSPS) is 12.1. The molecule has 0 saturated carbocycles. The molecular weight excluding hydrogens is 232 g/mol. The number of nitrogens with one attached hydrogen (secondary N) is 2. The van der Waals surface area contributed by atoms with Crippen LogP contribution in [-0.2, 0) is 14.3 Å². The van der Waals surface area contributed by atoms with E-state index >= 15 is 0 Å². The molecule has 5 nitrogen and oxygen atoms in total. The molecule has 18 heavy (non-hydrogen) atoms. The van der Waals surface area contributed by atoms with E-state index in [9.17, 15) is 9.59 Å². The number of hydrogen-bond acceptors (Lipinski definition) is 3. The van der Waals surface area contributed by atoms with Crippen LogP contribution >= 0.6 is 0 Å². The summed E-state index contributed by atoms with van der Waals surface area (Å²) in [6.07, 6.45) is 0.837. The first-order chi connectivity index (χ1) is 8.06. The van der Waals surface area contributed by atoms with Crippen molar-refractivity contribution < 1.29 is 14.3 Å². The van der Waals surface area contributed by atoms with Gasteiger partial charge in [-0.15, -0.1) is 0 Å². The first-order valence-corrected chi connectivity index (χ1v) is 6.25. The molecule has 0 heterocycles. The van der Waals surface area contributed by atoms with Crippen molar-refractivity contribution in [2.75, 3.05) is 13.2 Å². The Bertz CT molecular complexity index is 293. The third-order valence-electron chi connectivity index (χ3n) is 2.34. The Hall–Kier alpha value is -1.10. The fourth-order valence-corrected chi connectivity index (χ4v) is 1.19. The average molecular weight is 258 g/mol. The van der Waals surface area contributed by atoms with Crippen LogP contribution in [0.4, 0.5) is 0 Å². The van der Waals surface area contributed by atoms with E-state index in [1.165, 1.54) is 0 Å². The summed E-state index contributed by atoms with van der Waals surface area (Å²) in [5.74, 6) is -0.421. The number of ether oxygens (including phenoxy) is 1. The SMILES string of the molecule is CCC(C)(C)NC(=O)COCC(=O)NC(C)(C)C. The van der Waals surface area contributed by atoms with Gasteiger partial charge in [0.2, 0.25) is 11.8 Å². The Balaban J connectivity index is 3.85. The Morgan fingerprint density at radius 2 is 1.39 bits per heavy atom. The Morgan fingerprint density at radius 3 is 1.78 bits per heavy atom. The van der Waals surface area contributed by atoms with Crippen LogP contribution in [0.1, 0.15) is 48.0 Å². The maximum absolute atomic E-state index is 11.5. The van der Waals surface area contributed by atoms with Crippen LogP contribution in [-0.4, -0.2) is 36.1 Å². The fraction of sp³-hybridized carbons (Fsp3) is 0.846. The molecule has 5 heteroatoms. The van der Waals surface area contributed by atoms with E-state index in [0.29, 0.717) is 0 Å². The average Bonchev–Trinajstić information content (AvgIpc) is 2.13. The highest BCUT2D eigenvalue weighted by atomic mass is 16.5. The van der Waals surface area contributed by atoms with Crippen molar-refractivity contribution in [3.63, 3.8) is 0 Å². The van der Waals surface area contributed by atoms with Crippen LogP contribution < -0.4 is 10.6 Å². The van der Waals surface area contributed by atoms with Gasteiger partial charge in [-0.05, 0) is 41.0 Å². The summed E-state index contributed by atoms with van der Waals surface area (Å²) in [4.78, 5) is 22.9. The molecule has 106 valence electrons. The highest BCUT2D eigenvalue weighted by molar-refractivity contribution is 5.80. The van der Waals surface area contributed by atoms with Crippen molar-refractivity contribution in [3.8, 4) is 0 Å². The summed E-state index contributed by atoms with van der Waals surface area (Å²) in [5.41, 5.74) is -0.527.